The van der Waals surface area contributed by atoms with Crippen LogP contribution >= 0.6 is 27.5 Å². The van der Waals surface area contributed by atoms with E-state index in [0.717, 1.165) is 10.7 Å². The molecule has 2 rings (SSSR count). The van der Waals surface area contributed by atoms with Gasteiger partial charge in [-0.25, -0.2) is 4.39 Å². The van der Waals surface area contributed by atoms with Crippen molar-refractivity contribution in [3.05, 3.63) is 39.7 Å². The average molecular weight is 260 g/mol. The van der Waals surface area contributed by atoms with Crippen molar-refractivity contribution >= 4 is 38.4 Å². The topological polar surface area (TPSA) is 12.9 Å². The minimum atomic E-state index is -0.493. The molecule has 0 spiro atoms. The monoisotopic (exact) mass is 259 g/mol. The van der Waals surface area contributed by atoms with Gasteiger partial charge in [0.25, 0.3) is 0 Å². The third-order valence-corrected chi connectivity index (χ3v) is 2.60. The van der Waals surface area contributed by atoms with Crippen LogP contribution in [0.4, 0.5) is 4.39 Å². The van der Waals surface area contributed by atoms with Gasteiger partial charge in [-0.05, 0) is 18.2 Å². The maximum absolute atomic E-state index is 13.0. The maximum Gasteiger partial charge on any atom is 0.160 e. The Bertz CT molecular complexity index is 467. The van der Waals surface area contributed by atoms with Gasteiger partial charge in [0.05, 0.1) is 16.7 Å². The highest BCUT2D eigenvalue weighted by Gasteiger charge is 2.05. The number of aromatic nitrogens is 1. The van der Waals surface area contributed by atoms with E-state index in [2.05, 4.69) is 20.9 Å². The van der Waals surface area contributed by atoms with Crippen molar-refractivity contribution in [3.8, 4) is 0 Å². The Balaban J connectivity index is 2.89. The van der Waals surface area contributed by atoms with Gasteiger partial charge >= 0.3 is 0 Å². The number of pyridine rings is 1. The van der Waals surface area contributed by atoms with Crippen molar-refractivity contribution in [2.45, 2.75) is 0 Å². The lowest BCUT2D eigenvalue weighted by atomic mass is 10.2. The van der Waals surface area contributed by atoms with E-state index in [0.29, 0.717) is 10.9 Å². The van der Waals surface area contributed by atoms with E-state index in [-0.39, 0.29) is 5.02 Å². The van der Waals surface area contributed by atoms with Gasteiger partial charge in [0.15, 0.2) is 5.82 Å². The third kappa shape index (κ3) is 1.54. The summed E-state index contributed by atoms with van der Waals surface area (Å²) in [5, 5.41) is 0.738. The summed E-state index contributed by atoms with van der Waals surface area (Å²) in [5.74, 6) is -0.493. The van der Waals surface area contributed by atoms with Crippen molar-refractivity contribution in [1.82, 2.24) is 4.98 Å². The van der Waals surface area contributed by atoms with Crippen LogP contribution in [0, 0.1) is 5.82 Å². The summed E-state index contributed by atoms with van der Waals surface area (Å²) in [5.41, 5.74) is 0.689. The maximum atomic E-state index is 13.0. The predicted octanol–water partition coefficient (Wildman–Crippen LogP) is 3.79. The normalized spacial score (nSPS) is 10.7. The van der Waals surface area contributed by atoms with Crippen molar-refractivity contribution in [2.75, 3.05) is 0 Å². The van der Waals surface area contributed by atoms with Crippen LogP contribution in [-0.4, -0.2) is 4.98 Å². The van der Waals surface area contributed by atoms with Gasteiger partial charge in [0.2, 0.25) is 0 Å². The molecular weight excluding hydrogens is 256 g/mol. The Labute approximate surface area is 87.7 Å². The Morgan fingerprint density at radius 1 is 1.38 bits per heavy atom. The zero-order valence-corrected chi connectivity index (χ0v) is 8.73. The lowest BCUT2D eigenvalue weighted by Crippen LogP contribution is -1.84. The van der Waals surface area contributed by atoms with E-state index < -0.39 is 5.82 Å². The highest BCUT2D eigenvalue weighted by atomic mass is 79.9. The predicted molar refractivity (Wildman–Crippen MR) is 54.4 cm³/mol. The molecule has 0 N–H and O–H groups in total. The fourth-order valence-corrected chi connectivity index (χ4v) is 1.67. The zero-order valence-electron chi connectivity index (χ0n) is 6.39. The van der Waals surface area contributed by atoms with Crippen LogP contribution in [-0.2, 0) is 0 Å². The molecule has 13 heavy (non-hydrogen) atoms. The first-order chi connectivity index (χ1) is 6.18. The molecule has 4 heteroatoms. The zero-order chi connectivity index (χ0) is 9.42. The Kier molecular flexibility index (Phi) is 2.22. The number of rotatable bonds is 0. The molecule has 0 aliphatic rings. The van der Waals surface area contributed by atoms with E-state index in [1.54, 1.807) is 12.1 Å². The molecule has 0 fully saturated rings. The average Bonchev–Trinajstić information content (AvgIpc) is 2.12. The summed E-state index contributed by atoms with van der Waals surface area (Å²) >= 11 is 9.04. The van der Waals surface area contributed by atoms with Crippen LogP contribution in [0.1, 0.15) is 0 Å². The Hall–Kier alpha value is -0.670. The minimum Gasteiger partial charge on any atom is -0.253 e. The lowest BCUT2D eigenvalue weighted by molar-refractivity contribution is 0.624. The second-order valence-electron chi connectivity index (χ2n) is 2.58. The molecular formula is C9H4BrClFN. The standard InChI is InChI=1S/C9H4BrClFN/c10-5-1-2-8-6(3-5)9(11)7(12)4-13-8/h1-4H. The fourth-order valence-electron chi connectivity index (χ4n) is 1.11. The highest BCUT2D eigenvalue weighted by Crippen LogP contribution is 2.26. The molecule has 1 heterocycles. The second kappa shape index (κ2) is 3.24. The van der Waals surface area contributed by atoms with Gasteiger partial charge in [0, 0.05) is 9.86 Å². The molecule has 1 aromatic carbocycles. The Morgan fingerprint density at radius 3 is 2.92 bits per heavy atom. The molecule has 0 amide bonds. The van der Waals surface area contributed by atoms with Crippen LogP contribution in [0.3, 0.4) is 0 Å². The van der Waals surface area contributed by atoms with Crippen molar-refractivity contribution in [1.29, 1.82) is 0 Å². The molecule has 2 aromatic rings. The largest absolute Gasteiger partial charge is 0.253 e. The molecule has 0 atom stereocenters. The highest BCUT2D eigenvalue weighted by molar-refractivity contribution is 9.10. The van der Waals surface area contributed by atoms with Crippen molar-refractivity contribution in [2.24, 2.45) is 0 Å². The molecule has 0 bridgehead atoms. The number of halogens is 3. The summed E-state index contributed by atoms with van der Waals surface area (Å²) in [6.07, 6.45) is 1.12. The quantitative estimate of drug-likeness (QED) is 0.702. The van der Waals surface area contributed by atoms with Gasteiger partial charge in [-0.15, -0.1) is 0 Å². The van der Waals surface area contributed by atoms with Gasteiger partial charge in [-0.2, -0.15) is 0 Å². The fraction of sp³-hybridized carbons (Fsp3) is 0. The van der Waals surface area contributed by atoms with Crippen molar-refractivity contribution < 1.29 is 4.39 Å². The van der Waals surface area contributed by atoms with E-state index in [1.165, 1.54) is 0 Å². The molecule has 66 valence electrons. The summed E-state index contributed by atoms with van der Waals surface area (Å²) in [7, 11) is 0. The van der Waals surface area contributed by atoms with Gasteiger partial charge in [-0.3, -0.25) is 4.98 Å². The molecule has 1 nitrogen and oxygen atoms in total. The van der Waals surface area contributed by atoms with Crippen LogP contribution in [0.15, 0.2) is 28.9 Å². The first-order valence-corrected chi connectivity index (χ1v) is 4.75. The molecule has 1 aromatic heterocycles. The molecule has 0 unspecified atom stereocenters. The molecule has 0 aliphatic carbocycles. The first-order valence-electron chi connectivity index (χ1n) is 3.58. The summed E-state index contributed by atoms with van der Waals surface area (Å²) < 4.78 is 13.8. The van der Waals surface area contributed by atoms with E-state index in [1.807, 2.05) is 6.07 Å². The molecule has 0 aliphatic heterocycles. The lowest BCUT2D eigenvalue weighted by Gasteiger charge is -2.00. The minimum absolute atomic E-state index is 0.117. The van der Waals surface area contributed by atoms with E-state index in [4.69, 9.17) is 11.6 Å². The van der Waals surface area contributed by atoms with Gasteiger partial charge in [0.1, 0.15) is 0 Å². The number of benzene rings is 1. The van der Waals surface area contributed by atoms with Crippen LogP contribution in [0.2, 0.25) is 5.02 Å². The van der Waals surface area contributed by atoms with Crippen LogP contribution < -0.4 is 0 Å². The Morgan fingerprint density at radius 2 is 2.15 bits per heavy atom. The van der Waals surface area contributed by atoms with Crippen molar-refractivity contribution in [3.63, 3.8) is 0 Å². The smallest absolute Gasteiger partial charge is 0.160 e. The summed E-state index contributed by atoms with van der Waals surface area (Å²) in [6.45, 7) is 0. The number of hydrogen-bond acceptors (Lipinski definition) is 1. The SMILES string of the molecule is Fc1cnc2ccc(Br)cc2c1Cl. The van der Waals surface area contributed by atoms with E-state index >= 15 is 0 Å². The number of hydrogen-bond donors (Lipinski definition) is 0. The molecule has 0 saturated carbocycles. The molecule has 0 radical (unpaired) electrons. The summed E-state index contributed by atoms with van der Waals surface area (Å²) in [6, 6.07) is 5.36. The van der Waals surface area contributed by atoms with Crippen LogP contribution in [0.5, 0.6) is 0 Å². The second-order valence-corrected chi connectivity index (χ2v) is 3.88. The number of fused-ring (bicyclic) bond motifs is 1. The summed E-state index contributed by atoms with van der Waals surface area (Å²) in [4.78, 5) is 3.90. The van der Waals surface area contributed by atoms with E-state index in [9.17, 15) is 4.39 Å². The van der Waals surface area contributed by atoms with Gasteiger partial charge < -0.3 is 0 Å². The molecule has 0 saturated heterocycles. The first kappa shape index (κ1) is 8.91. The van der Waals surface area contributed by atoms with Crippen LogP contribution in [0.25, 0.3) is 10.9 Å². The third-order valence-electron chi connectivity index (χ3n) is 1.72. The number of nitrogens with zero attached hydrogens (tertiary/aromatic N) is 1. The van der Waals surface area contributed by atoms with Gasteiger partial charge in [-0.1, -0.05) is 27.5 Å².